The highest BCUT2D eigenvalue weighted by Crippen LogP contribution is 2.27. The Labute approximate surface area is 104 Å². The van der Waals surface area contributed by atoms with Gasteiger partial charge in [-0.2, -0.15) is 22.5 Å². The lowest BCUT2D eigenvalue weighted by atomic mass is 10.2. The van der Waals surface area contributed by atoms with Crippen molar-refractivity contribution in [3.8, 4) is 0 Å². The Morgan fingerprint density at radius 3 is 2.05 bits per heavy atom. The molecule has 0 aliphatic carbocycles. The lowest BCUT2D eigenvalue weighted by molar-refractivity contribution is 0.411. The molecule has 1 heterocycles. The number of nitrogens with one attached hydrogen (secondary N) is 1. The molecule has 2 nitrogen and oxygen atoms in total. The van der Waals surface area contributed by atoms with Gasteiger partial charge >= 0.3 is 0 Å². The van der Waals surface area contributed by atoms with E-state index >= 15 is 0 Å². The Hall–Kier alpha value is -2.18. The number of halogens is 5. The zero-order valence-corrected chi connectivity index (χ0v) is 9.57. The van der Waals surface area contributed by atoms with E-state index in [0.29, 0.717) is 5.56 Å². The van der Waals surface area contributed by atoms with Gasteiger partial charge in [0.15, 0.2) is 0 Å². The summed E-state index contributed by atoms with van der Waals surface area (Å²) in [7, 11) is 0. The third-order valence-electron chi connectivity index (χ3n) is 2.38. The van der Waals surface area contributed by atoms with Crippen LogP contribution >= 0.6 is 0 Å². The fraction of sp³-hybridized carbons (Fsp3) is 0.0833. The molecule has 1 aromatic heterocycles. The molecule has 0 amide bonds. The smallest absolute Gasteiger partial charge is 0.253 e. The van der Waals surface area contributed by atoms with Crippen LogP contribution in [0, 0.1) is 36.3 Å². The molecule has 100 valence electrons. The Morgan fingerprint density at radius 2 is 1.53 bits per heavy atom. The van der Waals surface area contributed by atoms with Gasteiger partial charge in [0.05, 0.1) is 5.69 Å². The summed E-state index contributed by atoms with van der Waals surface area (Å²) in [5, 5.41) is 1.97. The van der Waals surface area contributed by atoms with Crippen LogP contribution in [0.25, 0.3) is 0 Å². The third kappa shape index (κ3) is 2.49. The van der Waals surface area contributed by atoms with Crippen molar-refractivity contribution in [2.75, 3.05) is 5.32 Å². The molecule has 1 N–H and O–H groups in total. The fourth-order valence-electron chi connectivity index (χ4n) is 1.45. The van der Waals surface area contributed by atoms with Crippen LogP contribution in [0.15, 0.2) is 18.2 Å². The molecule has 0 radical (unpaired) electrons. The number of hydrogen-bond acceptors (Lipinski definition) is 2. The number of hydrogen-bond donors (Lipinski definition) is 1. The van der Waals surface area contributed by atoms with Gasteiger partial charge in [0.2, 0.25) is 11.6 Å². The van der Waals surface area contributed by atoms with Crippen molar-refractivity contribution in [3.63, 3.8) is 0 Å². The average Bonchev–Trinajstić information content (AvgIpc) is 2.34. The van der Waals surface area contributed by atoms with E-state index in [-0.39, 0.29) is 5.69 Å². The molecule has 0 saturated carbocycles. The van der Waals surface area contributed by atoms with Gasteiger partial charge in [0, 0.05) is 0 Å². The molecule has 2 aromatic rings. The highest BCUT2D eigenvalue weighted by atomic mass is 19.2. The molecule has 2 rings (SSSR count). The first-order valence-corrected chi connectivity index (χ1v) is 5.13. The summed E-state index contributed by atoms with van der Waals surface area (Å²) in [6, 6.07) is 3.76. The molecule has 0 fully saturated rings. The van der Waals surface area contributed by atoms with Crippen LogP contribution in [0.2, 0.25) is 0 Å². The first-order valence-electron chi connectivity index (χ1n) is 5.13. The second kappa shape index (κ2) is 4.83. The number of rotatable bonds is 2. The number of benzene rings is 1. The highest BCUT2D eigenvalue weighted by Gasteiger charge is 2.21. The van der Waals surface area contributed by atoms with Gasteiger partial charge in [-0.15, -0.1) is 0 Å². The van der Waals surface area contributed by atoms with Gasteiger partial charge in [-0.05, 0) is 24.6 Å². The summed E-state index contributed by atoms with van der Waals surface area (Å²) in [4.78, 5) is 2.39. The Balaban J connectivity index is 2.49. The third-order valence-corrected chi connectivity index (χ3v) is 2.38. The molecule has 7 heteroatoms. The quantitative estimate of drug-likeness (QED) is 0.665. The van der Waals surface area contributed by atoms with E-state index < -0.39 is 35.0 Å². The molecule has 1 aromatic carbocycles. The minimum Gasteiger partial charge on any atom is -0.348 e. The van der Waals surface area contributed by atoms with E-state index in [2.05, 4.69) is 4.98 Å². The summed E-state index contributed by atoms with van der Waals surface area (Å²) in [6.45, 7) is 1.61. The molecule has 0 atom stereocenters. The Bertz CT molecular complexity index is 616. The Morgan fingerprint density at radius 1 is 0.947 bits per heavy atom. The van der Waals surface area contributed by atoms with Crippen LogP contribution in [0.1, 0.15) is 5.56 Å². The minimum absolute atomic E-state index is 0.312. The van der Waals surface area contributed by atoms with Crippen molar-refractivity contribution in [2.24, 2.45) is 0 Å². The predicted molar refractivity (Wildman–Crippen MR) is 58.5 cm³/mol. The largest absolute Gasteiger partial charge is 0.348 e. The van der Waals surface area contributed by atoms with Crippen molar-refractivity contribution in [2.45, 2.75) is 6.92 Å². The van der Waals surface area contributed by atoms with Crippen molar-refractivity contribution < 1.29 is 22.0 Å². The molecule has 0 aliphatic rings. The van der Waals surface area contributed by atoms with Gasteiger partial charge in [0.1, 0.15) is 11.5 Å². The van der Waals surface area contributed by atoms with Crippen molar-refractivity contribution >= 4 is 11.4 Å². The summed E-state index contributed by atoms with van der Waals surface area (Å²) in [5.74, 6) is -7.88. The zero-order chi connectivity index (χ0) is 14.2. The van der Waals surface area contributed by atoms with E-state index in [4.69, 9.17) is 0 Å². The molecule has 19 heavy (non-hydrogen) atoms. The zero-order valence-electron chi connectivity index (χ0n) is 9.57. The summed E-state index contributed by atoms with van der Waals surface area (Å²) in [6.07, 6.45) is 0. The summed E-state index contributed by atoms with van der Waals surface area (Å²) in [5.41, 5.74) is -0.864. The monoisotopic (exact) mass is 274 g/mol. The summed E-state index contributed by atoms with van der Waals surface area (Å²) < 4.78 is 65.8. The molecular weight excluding hydrogens is 267 g/mol. The molecule has 0 saturated heterocycles. The first-order chi connectivity index (χ1) is 8.90. The SMILES string of the molecule is Cc1ccc(Nc2c(F)c(F)nc(F)c2F)c(F)c1. The highest BCUT2D eigenvalue weighted by molar-refractivity contribution is 5.61. The number of anilines is 2. The van der Waals surface area contributed by atoms with Gasteiger partial charge in [0.25, 0.3) is 11.9 Å². The maximum Gasteiger partial charge on any atom is 0.253 e. The van der Waals surface area contributed by atoms with E-state index in [0.717, 1.165) is 6.07 Å². The topological polar surface area (TPSA) is 24.9 Å². The standard InChI is InChI=1S/C12H7F5N2/c1-5-2-3-7(6(13)4-5)18-10-8(14)11(16)19-12(17)9(10)15/h2-4H,1H3,(H,18,19). The fourth-order valence-corrected chi connectivity index (χ4v) is 1.45. The van der Waals surface area contributed by atoms with Crippen LogP contribution in [0.4, 0.5) is 33.3 Å². The average molecular weight is 274 g/mol. The maximum absolute atomic E-state index is 13.5. The molecule has 0 aliphatic heterocycles. The van der Waals surface area contributed by atoms with Crippen LogP contribution in [-0.2, 0) is 0 Å². The van der Waals surface area contributed by atoms with Crippen LogP contribution in [0.5, 0.6) is 0 Å². The second-order valence-electron chi connectivity index (χ2n) is 3.80. The number of aryl methyl sites for hydroxylation is 1. The Kier molecular flexibility index (Phi) is 3.37. The molecule has 0 unspecified atom stereocenters. The second-order valence-corrected chi connectivity index (χ2v) is 3.80. The van der Waals surface area contributed by atoms with E-state index in [1.165, 1.54) is 12.1 Å². The van der Waals surface area contributed by atoms with Gasteiger partial charge in [-0.3, -0.25) is 0 Å². The normalized spacial score (nSPS) is 10.6. The maximum atomic E-state index is 13.5. The lowest BCUT2D eigenvalue weighted by Gasteiger charge is -2.10. The van der Waals surface area contributed by atoms with E-state index in [1.54, 1.807) is 6.92 Å². The van der Waals surface area contributed by atoms with Crippen molar-refractivity contribution in [3.05, 3.63) is 53.1 Å². The lowest BCUT2D eigenvalue weighted by Crippen LogP contribution is -2.06. The molecular formula is C12H7F5N2. The van der Waals surface area contributed by atoms with Gasteiger partial charge in [-0.1, -0.05) is 6.07 Å². The molecule has 0 spiro atoms. The van der Waals surface area contributed by atoms with Crippen LogP contribution < -0.4 is 5.32 Å². The van der Waals surface area contributed by atoms with Gasteiger partial charge < -0.3 is 5.32 Å². The van der Waals surface area contributed by atoms with E-state index in [1.807, 2.05) is 5.32 Å². The van der Waals surface area contributed by atoms with Crippen molar-refractivity contribution in [1.29, 1.82) is 0 Å². The number of aromatic nitrogens is 1. The minimum atomic E-state index is -1.81. The van der Waals surface area contributed by atoms with E-state index in [9.17, 15) is 22.0 Å². The predicted octanol–water partition coefficient (Wildman–Crippen LogP) is 3.83. The first kappa shape index (κ1) is 13.3. The summed E-state index contributed by atoms with van der Waals surface area (Å²) >= 11 is 0. The molecule has 0 bridgehead atoms. The van der Waals surface area contributed by atoms with Gasteiger partial charge in [-0.25, -0.2) is 4.39 Å². The number of pyridine rings is 1. The van der Waals surface area contributed by atoms with Crippen LogP contribution in [0.3, 0.4) is 0 Å². The van der Waals surface area contributed by atoms with Crippen molar-refractivity contribution in [1.82, 2.24) is 4.98 Å². The number of nitrogens with zero attached hydrogens (tertiary/aromatic N) is 1. The van der Waals surface area contributed by atoms with Crippen LogP contribution in [-0.4, -0.2) is 4.98 Å².